The Hall–Kier alpha value is -1.47. The number of rotatable bonds is 7. The highest BCUT2D eigenvalue weighted by Gasteiger charge is 2.17. The van der Waals surface area contributed by atoms with Crippen LogP contribution in [0.2, 0.25) is 0 Å². The number of nitro groups is 1. The molecule has 6 nitrogen and oxygen atoms in total. The number of non-ortho nitro benzene ring substituents is 1. The molecule has 1 aromatic rings. The Morgan fingerprint density at radius 1 is 1.55 bits per heavy atom. The van der Waals surface area contributed by atoms with Crippen LogP contribution in [0.1, 0.15) is 25.8 Å². The standard InChI is InChI=1S/C13H17BrN2O4/c1-3-15(9(2)6-13(17)18)8-10-4-5-11(16(19)20)7-12(10)14/h4-5,7,9H,3,6,8H2,1-2H3,(H,17,18). The first-order valence-electron chi connectivity index (χ1n) is 6.23. The molecule has 0 aromatic heterocycles. The molecule has 0 radical (unpaired) electrons. The quantitative estimate of drug-likeness (QED) is 0.607. The van der Waals surface area contributed by atoms with Gasteiger partial charge >= 0.3 is 5.97 Å². The number of carbonyl (C=O) groups is 1. The van der Waals surface area contributed by atoms with Crippen molar-refractivity contribution in [1.29, 1.82) is 0 Å². The average Bonchev–Trinajstić information content (AvgIpc) is 2.36. The molecule has 1 N–H and O–H groups in total. The molecule has 0 saturated heterocycles. The maximum Gasteiger partial charge on any atom is 0.304 e. The lowest BCUT2D eigenvalue weighted by molar-refractivity contribution is -0.384. The predicted octanol–water partition coefficient (Wildman–Crippen LogP) is 3.04. The van der Waals surface area contributed by atoms with Crippen LogP contribution < -0.4 is 0 Å². The van der Waals surface area contributed by atoms with Crippen LogP contribution >= 0.6 is 15.9 Å². The summed E-state index contributed by atoms with van der Waals surface area (Å²) in [5, 5.41) is 19.5. The molecule has 0 aliphatic heterocycles. The zero-order chi connectivity index (χ0) is 15.3. The third-order valence-electron chi connectivity index (χ3n) is 3.12. The SMILES string of the molecule is CCN(Cc1ccc([N+](=O)[O-])cc1Br)C(C)CC(=O)O. The molecule has 0 spiro atoms. The Kier molecular flexibility index (Phi) is 6.09. The van der Waals surface area contributed by atoms with Gasteiger partial charge < -0.3 is 5.11 Å². The molecule has 0 aliphatic carbocycles. The highest BCUT2D eigenvalue weighted by atomic mass is 79.9. The number of benzene rings is 1. The number of hydrogen-bond donors (Lipinski definition) is 1. The lowest BCUT2D eigenvalue weighted by atomic mass is 10.1. The minimum Gasteiger partial charge on any atom is -0.481 e. The number of carboxylic acids is 1. The lowest BCUT2D eigenvalue weighted by Crippen LogP contribution is -2.34. The van der Waals surface area contributed by atoms with Crippen molar-refractivity contribution in [2.75, 3.05) is 6.54 Å². The topological polar surface area (TPSA) is 83.7 Å². The van der Waals surface area contributed by atoms with Crippen molar-refractivity contribution in [3.63, 3.8) is 0 Å². The van der Waals surface area contributed by atoms with E-state index in [-0.39, 0.29) is 18.2 Å². The van der Waals surface area contributed by atoms with Crippen LogP contribution in [0.15, 0.2) is 22.7 Å². The summed E-state index contributed by atoms with van der Waals surface area (Å²) in [6.45, 7) is 5.07. The van der Waals surface area contributed by atoms with Crippen molar-refractivity contribution >= 4 is 27.6 Å². The number of halogens is 1. The van der Waals surface area contributed by atoms with E-state index in [1.807, 2.05) is 18.7 Å². The second kappa shape index (κ2) is 7.35. The Labute approximate surface area is 125 Å². The van der Waals surface area contributed by atoms with Crippen LogP contribution in [-0.2, 0) is 11.3 Å². The van der Waals surface area contributed by atoms with Gasteiger partial charge in [0, 0.05) is 29.2 Å². The van der Waals surface area contributed by atoms with E-state index in [1.54, 1.807) is 6.07 Å². The Balaban J connectivity index is 2.85. The number of nitrogens with zero attached hydrogens (tertiary/aromatic N) is 2. The van der Waals surface area contributed by atoms with Gasteiger partial charge in [0.1, 0.15) is 0 Å². The first-order chi connectivity index (χ1) is 9.35. The van der Waals surface area contributed by atoms with Crippen LogP contribution in [0.4, 0.5) is 5.69 Å². The van der Waals surface area contributed by atoms with E-state index < -0.39 is 10.9 Å². The molecule has 0 saturated carbocycles. The summed E-state index contributed by atoms with van der Waals surface area (Å²) in [5.74, 6) is -0.835. The minimum atomic E-state index is -0.835. The molecular formula is C13H17BrN2O4. The predicted molar refractivity (Wildman–Crippen MR) is 78.6 cm³/mol. The van der Waals surface area contributed by atoms with Crippen molar-refractivity contribution < 1.29 is 14.8 Å². The number of carboxylic acid groups (broad SMARTS) is 1. The van der Waals surface area contributed by atoms with Gasteiger partial charge in [0.15, 0.2) is 0 Å². The molecular weight excluding hydrogens is 328 g/mol. The summed E-state index contributed by atoms with van der Waals surface area (Å²) >= 11 is 3.33. The van der Waals surface area contributed by atoms with Crippen molar-refractivity contribution in [1.82, 2.24) is 4.90 Å². The number of aliphatic carboxylic acids is 1. The van der Waals surface area contributed by atoms with Gasteiger partial charge in [-0.15, -0.1) is 0 Å². The number of nitro benzene ring substituents is 1. The van der Waals surface area contributed by atoms with E-state index >= 15 is 0 Å². The van der Waals surface area contributed by atoms with E-state index in [9.17, 15) is 14.9 Å². The fraction of sp³-hybridized carbons (Fsp3) is 0.462. The molecule has 1 atom stereocenters. The van der Waals surface area contributed by atoms with Gasteiger partial charge in [-0.2, -0.15) is 0 Å². The van der Waals surface area contributed by atoms with E-state index in [2.05, 4.69) is 15.9 Å². The normalized spacial score (nSPS) is 12.4. The molecule has 1 aromatic carbocycles. The molecule has 7 heteroatoms. The highest BCUT2D eigenvalue weighted by Crippen LogP contribution is 2.24. The average molecular weight is 345 g/mol. The van der Waals surface area contributed by atoms with Crippen molar-refractivity contribution in [2.45, 2.75) is 32.9 Å². The van der Waals surface area contributed by atoms with Crippen LogP contribution in [0.5, 0.6) is 0 Å². The summed E-state index contributed by atoms with van der Waals surface area (Å²) in [6.07, 6.45) is 0.0679. The molecule has 1 rings (SSSR count). The van der Waals surface area contributed by atoms with Crippen LogP contribution in [0.3, 0.4) is 0 Å². The monoisotopic (exact) mass is 344 g/mol. The van der Waals surface area contributed by atoms with Crippen molar-refractivity contribution in [2.24, 2.45) is 0 Å². The third kappa shape index (κ3) is 4.57. The summed E-state index contributed by atoms with van der Waals surface area (Å²) in [5.41, 5.74) is 0.928. The minimum absolute atomic E-state index is 0.0299. The summed E-state index contributed by atoms with van der Waals surface area (Å²) in [7, 11) is 0. The van der Waals surface area contributed by atoms with Gasteiger partial charge in [0.25, 0.3) is 5.69 Å². The highest BCUT2D eigenvalue weighted by molar-refractivity contribution is 9.10. The lowest BCUT2D eigenvalue weighted by Gasteiger charge is -2.27. The van der Waals surface area contributed by atoms with Crippen LogP contribution in [0.25, 0.3) is 0 Å². The van der Waals surface area contributed by atoms with Gasteiger partial charge in [-0.1, -0.05) is 22.9 Å². The summed E-state index contributed by atoms with van der Waals surface area (Å²) in [4.78, 5) is 23.0. The summed E-state index contributed by atoms with van der Waals surface area (Å²) in [6, 6.07) is 4.51. The maximum atomic E-state index is 10.8. The van der Waals surface area contributed by atoms with Gasteiger partial charge in [0.2, 0.25) is 0 Å². The molecule has 0 heterocycles. The molecule has 0 aliphatic rings. The number of hydrogen-bond acceptors (Lipinski definition) is 4. The van der Waals surface area contributed by atoms with Crippen LogP contribution in [-0.4, -0.2) is 33.5 Å². The van der Waals surface area contributed by atoms with Crippen LogP contribution in [0, 0.1) is 10.1 Å². The molecule has 110 valence electrons. The zero-order valence-electron chi connectivity index (χ0n) is 11.4. The van der Waals surface area contributed by atoms with E-state index in [0.717, 1.165) is 5.56 Å². The fourth-order valence-corrected chi connectivity index (χ4v) is 2.45. The zero-order valence-corrected chi connectivity index (χ0v) is 13.0. The first-order valence-corrected chi connectivity index (χ1v) is 7.03. The van der Waals surface area contributed by atoms with E-state index in [4.69, 9.17) is 5.11 Å². The molecule has 0 fully saturated rings. The maximum absolute atomic E-state index is 10.8. The molecule has 0 amide bonds. The Bertz CT molecular complexity index is 507. The molecule has 20 heavy (non-hydrogen) atoms. The van der Waals surface area contributed by atoms with E-state index in [0.29, 0.717) is 17.6 Å². The Morgan fingerprint density at radius 2 is 2.20 bits per heavy atom. The fourth-order valence-electron chi connectivity index (χ4n) is 1.96. The smallest absolute Gasteiger partial charge is 0.304 e. The molecule has 0 bridgehead atoms. The van der Waals surface area contributed by atoms with Gasteiger partial charge in [-0.05, 0) is 25.1 Å². The van der Waals surface area contributed by atoms with Gasteiger partial charge in [0.05, 0.1) is 11.3 Å². The van der Waals surface area contributed by atoms with E-state index in [1.165, 1.54) is 12.1 Å². The third-order valence-corrected chi connectivity index (χ3v) is 3.86. The first kappa shape index (κ1) is 16.6. The second-order valence-corrected chi connectivity index (χ2v) is 5.40. The van der Waals surface area contributed by atoms with Gasteiger partial charge in [-0.3, -0.25) is 19.8 Å². The summed E-state index contributed by atoms with van der Waals surface area (Å²) < 4.78 is 0.660. The molecule has 1 unspecified atom stereocenters. The Morgan fingerprint density at radius 3 is 2.65 bits per heavy atom. The largest absolute Gasteiger partial charge is 0.481 e. The van der Waals surface area contributed by atoms with Crippen molar-refractivity contribution in [3.8, 4) is 0 Å². The van der Waals surface area contributed by atoms with Crippen molar-refractivity contribution in [3.05, 3.63) is 38.3 Å². The van der Waals surface area contributed by atoms with Gasteiger partial charge in [-0.25, -0.2) is 0 Å². The second-order valence-electron chi connectivity index (χ2n) is 4.54.